The van der Waals surface area contributed by atoms with Crippen molar-refractivity contribution in [2.24, 2.45) is 0 Å². The Labute approximate surface area is 94.5 Å². The molecule has 3 rings (SSSR count). The van der Waals surface area contributed by atoms with Gasteiger partial charge in [-0.05, 0) is 0 Å². The van der Waals surface area contributed by atoms with E-state index in [4.69, 9.17) is 0 Å². The van der Waals surface area contributed by atoms with Gasteiger partial charge in [-0.3, -0.25) is 0 Å². The third-order valence-electron chi connectivity index (χ3n) is 2.87. The number of hydrogen-bond acceptors (Lipinski definition) is 1. The first-order chi connectivity index (χ1) is 7.36. The van der Waals surface area contributed by atoms with E-state index in [9.17, 15) is 4.79 Å². The topological polar surface area (TPSA) is 17.1 Å². The SMILES string of the molecule is O=C1c2ccccc2CCc2[se]ccc21. The summed E-state index contributed by atoms with van der Waals surface area (Å²) in [5.41, 5.74) is 3.09. The summed E-state index contributed by atoms with van der Waals surface area (Å²) in [6.45, 7) is 0. The summed E-state index contributed by atoms with van der Waals surface area (Å²) in [5.74, 6) is 0.230. The van der Waals surface area contributed by atoms with Gasteiger partial charge in [-0.2, -0.15) is 0 Å². The Hall–Kier alpha value is -1.11. The molecule has 0 N–H and O–H groups in total. The normalized spacial score (nSPS) is 14.3. The van der Waals surface area contributed by atoms with Gasteiger partial charge in [-0.25, -0.2) is 0 Å². The zero-order chi connectivity index (χ0) is 10.3. The molecule has 1 aliphatic rings. The van der Waals surface area contributed by atoms with Gasteiger partial charge in [-0.15, -0.1) is 0 Å². The summed E-state index contributed by atoms with van der Waals surface area (Å²) in [6.07, 6.45) is 2.08. The van der Waals surface area contributed by atoms with E-state index in [2.05, 4.69) is 11.0 Å². The number of rotatable bonds is 0. The van der Waals surface area contributed by atoms with Gasteiger partial charge in [0, 0.05) is 0 Å². The summed E-state index contributed by atoms with van der Waals surface area (Å²) in [7, 11) is 0. The molecule has 1 heterocycles. The predicted molar refractivity (Wildman–Crippen MR) is 60.7 cm³/mol. The van der Waals surface area contributed by atoms with Gasteiger partial charge < -0.3 is 0 Å². The zero-order valence-corrected chi connectivity index (χ0v) is 9.91. The van der Waals surface area contributed by atoms with E-state index in [1.165, 1.54) is 10.0 Å². The van der Waals surface area contributed by atoms with Crippen LogP contribution in [0.1, 0.15) is 25.9 Å². The second-order valence-electron chi connectivity index (χ2n) is 3.74. The molecular formula is C13H10OSe. The van der Waals surface area contributed by atoms with Gasteiger partial charge in [0.15, 0.2) is 0 Å². The van der Waals surface area contributed by atoms with Crippen molar-refractivity contribution in [2.45, 2.75) is 12.8 Å². The Morgan fingerprint density at radius 2 is 1.87 bits per heavy atom. The van der Waals surface area contributed by atoms with Crippen molar-refractivity contribution in [1.29, 1.82) is 0 Å². The van der Waals surface area contributed by atoms with Gasteiger partial charge in [0.05, 0.1) is 0 Å². The summed E-state index contributed by atoms with van der Waals surface area (Å²) >= 11 is 0.424. The van der Waals surface area contributed by atoms with Crippen LogP contribution in [0.15, 0.2) is 35.3 Å². The molecule has 0 unspecified atom stereocenters. The number of carbonyl (C=O) groups is 1. The molecule has 2 aromatic rings. The molecule has 1 aromatic heterocycles. The van der Waals surface area contributed by atoms with Gasteiger partial charge in [-0.1, -0.05) is 0 Å². The summed E-state index contributed by atoms with van der Waals surface area (Å²) < 4.78 is 1.38. The zero-order valence-electron chi connectivity index (χ0n) is 8.19. The first-order valence-corrected chi connectivity index (χ1v) is 6.90. The fraction of sp³-hybridized carbons (Fsp3) is 0.154. The van der Waals surface area contributed by atoms with Crippen molar-refractivity contribution in [1.82, 2.24) is 0 Å². The van der Waals surface area contributed by atoms with Crippen molar-refractivity contribution in [3.05, 3.63) is 56.4 Å². The molecule has 2 heteroatoms. The molecule has 74 valence electrons. The Balaban J connectivity index is 2.22. The second kappa shape index (κ2) is 3.48. The van der Waals surface area contributed by atoms with E-state index < -0.39 is 0 Å². The average molecular weight is 261 g/mol. The Kier molecular flexibility index (Phi) is 2.12. The van der Waals surface area contributed by atoms with E-state index in [-0.39, 0.29) is 5.78 Å². The van der Waals surface area contributed by atoms with Crippen LogP contribution in [0.2, 0.25) is 0 Å². The standard InChI is InChI=1S/C13H10OSe/c14-13-10-4-2-1-3-9(10)5-6-12-11(13)7-8-15-12/h1-4,7-8H,5-6H2. The van der Waals surface area contributed by atoms with Crippen LogP contribution in [-0.2, 0) is 12.8 Å². The summed E-state index contributed by atoms with van der Waals surface area (Å²) in [5, 5.41) is 0. The van der Waals surface area contributed by atoms with Gasteiger partial charge in [0.1, 0.15) is 0 Å². The third kappa shape index (κ3) is 1.41. The Morgan fingerprint density at radius 1 is 1.00 bits per heavy atom. The molecule has 0 amide bonds. The molecule has 0 radical (unpaired) electrons. The number of aryl methyl sites for hydroxylation is 2. The molecule has 0 saturated carbocycles. The molecular weight excluding hydrogens is 251 g/mol. The monoisotopic (exact) mass is 262 g/mol. The number of carbonyl (C=O) groups excluding carboxylic acids is 1. The first-order valence-electron chi connectivity index (χ1n) is 5.05. The molecule has 1 aliphatic carbocycles. The van der Waals surface area contributed by atoms with Gasteiger partial charge in [0.25, 0.3) is 0 Å². The maximum absolute atomic E-state index is 12.2. The minimum atomic E-state index is 0.230. The van der Waals surface area contributed by atoms with Crippen molar-refractivity contribution >= 4 is 20.3 Å². The number of hydrogen-bond donors (Lipinski definition) is 0. The molecule has 0 fully saturated rings. The number of benzene rings is 1. The quantitative estimate of drug-likeness (QED) is 0.663. The molecule has 15 heavy (non-hydrogen) atoms. The van der Waals surface area contributed by atoms with Crippen molar-refractivity contribution in [3.63, 3.8) is 0 Å². The molecule has 1 nitrogen and oxygen atoms in total. The molecule has 0 saturated heterocycles. The minimum absolute atomic E-state index is 0.230. The van der Waals surface area contributed by atoms with Crippen molar-refractivity contribution in [2.75, 3.05) is 0 Å². The molecule has 0 atom stereocenters. The second-order valence-corrected chi connectivity index (χ2v) is 5.84. The van der Waals surface area contributed by atoms with Crippen LogP contribution in [0.5, 0.6) is 0 Å². The van der Waals surface area contributed by atoms with Crippen LogP contribution in [0.25, 0.3) is 0 Å². The average Bonchev–Trinajstić information content (AvgIpc) is 2.69. The van der Waals surface area contributed by atoms with Crippen molar-refractivity contribution in [3.8, 4) is 0 Å². The predicted octanol–water partition coefficient (Wildman–Crippen LogP) is 2.07. The summed E-state index contributed by atoms with van der Waals surface area (Å²) in [6, 6.07) is 10.0. The molecule has 0 bridgehead atoms. The third-order valence-corrected chi connectivity index (χ3v) is 4.93. The molecule has 0 spiro atoms. The van der Waals surface area contributed by atoms with E-state index >= 15 is 0 Å². The van der Waals surface area contributed by atoms with Crippen molar-refractivity contribution < 1.29 is 4.79 Å². The van der Waals surface area contributed by atoms with Crippen LogP contribution in [0.3, 0.4) is 0 Å². The van der Waals surface area contributed by atoms with Crippen LogP contribution in [0.4, 0.5) is 0 Å². The van der Waals surface area contributed by atoms with Crippen LogP contribution in [-0.4, -0.2) is 20.3 Å². The van der Waals surface area contributed by atoms with E-state index in [0.717, 1.165) is 24.0 Å². The first kappa shape index (κ1) is 9.14. The molecule has 0 aliphatic heterocycles. The fourth-order valence-corrected chi connectivity index (χ4v) is 3.93. The van der Waals surface area contributed by atoms with E-state index in [0.29, 0.717) is 14.5 Å². The van der Waals surface area contributed by atoms with E-state index in [1.54, 1.807) is 0 Å². The van der Waals surface area contributed by atoms with Crippen LogP contribution < -0.4 is 0 Å². The maximum atomic E-state index is 12.2. The molecule has 1 aromatic carbocycles. The van der Waals surface area contributed by atoms with Crippen LogP contribution in [0, 0.1) is 0 Å². The summed E-state index contributed by atoms with van der Waals surface area (Å²) in [4.78, 5) is 14.4. The van der Waals surface area contributed by atoms with E-state index in [1.807, 2.05) is 24.3 Å². The Morgan fingerprint density at radius 3 is 2.80 bits per heavy atom. The number of ketones is 1. The van der Waals surface area contributed by atoms with Crippen LogP contribution >= 0.6 is 0 Å². The van der Waals surface area contributed by atoms with Gasteiger partial charge in [0.2, 0.25) is 0 Å². The number of fused-ring (bicyclic) bond motifs is 2. The van der Waals surface area contributed by atoms with Gasteiger partial charge >= 0.3 is 94.3 Å². The Bertz CT molecular complexity index is 525. The fourth-order valence-electron chi connectivity index (χ4n) is 2.09.